The first kappa shape index (κ1) is 17.2. The van der Waals surface area contributed by atoms with Gasteiger partial charge in [0.25, 0.3) is 0 Å². The average molecular weight is 377 g/mol. The predicted octanol–water partition coefficient (Wildman–Crippen LogP) is 5.42. The monoisotopic (exact) mass is 377 g/mol. The zero-order chi connectivity index (χ0) is 18.6. The number of thiazole rings is 1. The molecular weight excluding hydrogens is 361 g/mol. The number of para-hydroxylation sites is 1. The summed E-state index contributed by atoms with van der Waals surface area (Å²) in [5, 5.41) is 6.49. The predicted molar refractivity (Wildman–Crippen MR) is 107 cm³/mol. The molecule has 27 heavy (non-hydrogen) atoms. The van der Waals surface area contributed by atoms with E-state index < -0.39 is 0 Å². The van der Waals surface area contributed by atoms with Crippen molar-refractivity contribution < 1.29 is 9.18 Å². The Morgan fingerprint density at radius 3 is 2.63 bits per heavy atom. The maximum atomic E-state index is 12.9. The van der Waals surface area contributed by atoms with Crippen LogP contribution in [0.25, 0.3) is 20.8 Å². The highest BCUT2D eigenvalue weighted by atomic mass is 32.1. The van der Waals surface area contributed by atoms with E-state index in [-0.39, 0.29) is 11.8 Å². The van der Waals surface area contributed by atoms with Crippen molar-refractivity contribution in [1.29, 1.82) is 0 Å². The summed E-state index contributed by atoms with van der Waals surface area (Å²) in [7, 11) is 0. The van der Waals surface area contributed by atoms with Crippen molar-refractivity contribution in [1.82, 2.24) is 10.3 Å². The highest BCUT2D eigenvalue weighted by Gasteiger charge is 2.08. The summed E-state index contributed by atoms with van der Waals surface area (Å²) >= 11 is 1.62. The van der Waals surface area contributed by atoms with Crippen LogP contribution in [0, 0.1) is 5.82 Å². The van der Waals surface area contributed by atoms with Gasteiger partial charge in [0.2, 0.25) is 0 Å². The number of amides is 2. The van der Waals surface area contributed by atoms with Crippen LogP contribution < -0.4 is 10.6 Å². The molecule has 0 bridgehead atoms. The number of hydrogen-bond donors (Lipinski definition) is 2. The molecule has 4 nitrogen and oxygen atoms in total. The summed E-state index contributed by atoms with van der Waals surface area (Å²) in [5.41, 5.74) is 3.43. The van der Waals surface area contributed by atoms with Crippen LogP contribution in [0.4, 0.5) is 14.9 Å². The van der Waals surface area contributed by atoms with Gasteiger partial charge >= 0.3 is 6.03 Å². The number of nitrogens with zero attached hydrogens (tertiary/aromatic N) is 1. The summed E-state index contributed by atoms with van der Waals surface area (Å²) in [6, 6.07) is 21.3. The first-order chi connectivity index (χ1) is 13.2. The van der Waals surface area contributed by atoms with Gasteiger partial charge in [-0.15, -0.1) is 11.3 Å². The number of nitrogens with one attached hydrogen (secondary N) is 2. The van der Waals surface area contributed by atoms with Crippen molar-refractivity contribution in [2.75, 3.05) is 5.32 Å². The molecule has 3 aromatic carbocycles. The van der Waals surface area contributed by atoms with Gasteiger partial charge in [0.1, 0.15) is 10.8 Å². The first-order valence-corrected chi connectivity index (χ1v) is 9.24. The van der Waals surface area contributed by atoms with Gasteiger partial charge in [0.15, 0.2) is 0 Å². The van der Waals surface area contributed by atoms with Crippen LogP contribution in [-0.2, 0) is 6.54 Å². The second kappa shape index (κ2) is 7.55. The summed E-state index contributed by atoms with van der Waals surface area (Å²) in [5.74, 6) is -0.296. The third-order valence-electron chi connectivity index (χ3n) is 4.03. The molecule has 0 saturated carbocycles. The molecule has 0 unspecified atom stereocenters. The van der Waals surface area contributed by atoms with Crippen LogP contribution in [0.15, 0.2) is 72.8 Å². The molecule has 2 amide bonds. The third-order valence-corrected chi connectivity index (χ3v) is 5.11. The standard InChI is InChI=1S/C21H16FN3OS/c22-16-10-8-14(9-11-16)13-23-21(26)24-17-5-3-4-15(12-17)20-25-18-6-1-2-7-19(18)27-20/h1-12H,13H2,(H2,23,24,26). The topological polar surface area (TPSA) is 54.0 Å². The SMILES string of the molecule is O=C(NCc1ccc(F)cc1)Nc1cccc(-c2nc3ccccc3s2)c1. The number of halogens is 1. The summed E-state index contributed by atoms with van der Waals surface area (Å²) in [4.78, 5) is 16.8. The van der Waals surface area contributed by atoms with E-state index in [0.717, 1.165) is 26.4 Å². The van der Waals surface area contributed by atoms with Crippen molar-refractivity contribution in [3.05, 3.63) is 84.2 Å². The Balaban J connectivity index is 1.44. The lowest BCUT2D eigenvalue weighted by Gasteiger charge is -2.08. The van der Waals surface area contributed by atoms with Crippen LogP contribution in [0.3, 0.4) is 0 Å². The number of carbonyl (C=O) groups excluding carboxylic acids is 1. The maximum Gasteiger partial charge on any atom is 0.319 e. The van der Waals surface area contributed by atoms with Gasteiger partial charge in [-0.25, -0.2) is 14.2 Å². The van der Waals surface area contributed by atoms with Gasteiger partial charge < -0.3 is 10.6 Å². The number of carbonyl (C=O) groups is 1. The van der Waals surface area contributed by atoms with Gasteiger partial charge in [-0.05, 0) is 42.0 Å². The molecule has 0 spiro atoms. The highest BCUT2D eigenvalue weighted by Crippen LogP contribution is 2.31. The van der Waals surface area contributed by atoms with E-state index in [9.17, 15) is 9.18 Å². The molecule has 0 atom stereocenters. The van der Waals surface area contributed by atoms with E-state index >= 15 is 0 Å². The minimum atomic E-state index is -0.319. The maximum absolute atomic E-state index is 12.9. The summed E-state index contributed by atoms with van der Waals surface area (Å²) in [6.45, 7) is 0.323. The van der Waals surface area contributed by atoms with Gasteiger partial charge in [-0.2, -0.15) is 0 Å². The summed E-state index contributed by atoms with van der Waals surface area (Å²) in [6.07, 6.45) is 0. The Hall–Kier alpha value is -3.25. The molecule has 0 saturated heterocycles. The number of rotatable bonds is 4. The number of anilines is 1. The average Bonchev–Trinajstić information content (AvgIpc) is 3.12. The van der Waals surface area contributed by atoms with Crippen molar-refractivity contribution in [2.24, 2.45) is 0 Å². The number of fused-ring (bicyclic) bond motifs is 1. The van der Waals surface area contributed by atoms with Gasteiger partial charge in [0.05, 0.1) is 10.2 Å². The second-order valence-electron chi connectivity index (χ2n) is 6.00. The minimum absolute atomic E-state index is 0.296. The molecule has 0 aliphatic rings. The smallest absolute Gasteiger partial charge is 0.319 e. The molecule has 2 N–H and O–H groups in total. The second-order valence-corrected chi connectivity index (χ2v) is 7.03. The lowest BCUT2D eigenvalue weighted by molar-refractivity contribution is 0.251. The van der Waals surface area contributed by atoms with Crippen LogP contribution >= 0.6 is 11.3 Å². The normalized spacial score (nSPS) is 10.7. The molecule has 1 heterocycles. The third kappa shape index (κ3) is 4.12. The van der Waals surface area contributed by atoms with E-state index in [2.05, 4.69) is 15.6 Å². The van der Waals surface area contributed by atoms with E-state index in [1.54, 1.807) is 23.5 Å². The van der Waals surface area contributed by atoms with Gasteiger partial charge in [-0.1, -0.05) is 36.4 Å². The van der Waals surface area contributed by atoms with Crippen LogP contribution in [0.1, 0.15) is 5.56 Å². The molecule has 0 aliphatic heterocycles. The summed E-state index contributed by atoms with van der Waals surface area (Å²) < 4.78 is 14.0. The van der Waals surface area contributed by atoms with E-state index in [1.165, 1.54) is 12.1 Å². The highest BCUT2D eigenvalue weighted by molar-refractivity contribution is 7.21. The lowest BCUT2D eigenvalue weighted by Crippen LogP contribution is -2.28. The van der Waals surface area contributed by atoms with Crippen LogP contribution in [-0.4, -0.2) is 11.0 Å². The van der Waals surface area contributed by atoms with Crippen molar-refractivity contribution in [2.45, 2.75) is 6.54 Å². The number of benzene rings is 3. The Labute approximate surface area is 159 Å². The Morgan fingerprint density at radius 2 is 1.81 bits per heavy atom. The largest absolute Gasteiger partial charge is 0.334 e. The van der Waals surface area contributed by atoms with Gasteiger partial charge in [-0.3, -0.25) is 0 Å². The Kier molecular flexibility index (Phi) is 4.80. The number of hydrogen-bond acceptors (Lipinski definition) is 3. The number of urea groups is 1. The molecule has 1 aromatic heterocycles. The molecule has 4 aromatic rings. The van der Waals surface area contributed by atoms with Crippen LogP contribution in [0.2, 0.25) is 0 Å². The minimum Gasteiger partial charge on any atom is -0.334 e. The van der Waals surface area contributed by atoms with E-state index in [0.29, 0.717) is 12.2 Å². The fraction of sp³-hybridized carbons (Fsp3) is 0.0476. The molecule has 6 heteroatoms. The zero-order valence-electron chi connectivity index (χ0n) is 14.3. The van der Waals surface area contributed by atoms with Gasteiger partial charge in [0, 0.05) is 17.8 Å². The number of aromatic nitrogens is 1. The molecule has 0 radical (unpaired) electrons. The molecule has 134 valence electrons. The van der Waals surface area contributed by atoms with Crippen molar-refractivity contribution in [3.8, 4) is 10.6 Å². The Bertz CT molecular complexity index is 1060. The van der Waals surface area contributed by atoms with E-state index in [4.69, 9.17) is 0 Å². The van der Waals surface area contributed by atoms with Crippen LogP contribution in [0.5, 0.6) is 0 Å². The molecular formula is C21H16FN3OS. The lowest BCUT2D eigenvalue weighted by atomic mass is 10.2. The Morgan fingerprint density at radius 1 is 1.00 bits per heavy atom. The fourth-order valence-electron chi connectivity index (χ4n) is 2.69. The molecule has 0 aliphatic carbocycles. The quantitative estimate of drug-likeness (QED) is 0.499. The van der Waals surface area contributed by atoms with Crippen molar-refractivity contribution in [3.63, 3.8) is 0 Å². The van der Waals surface area contributed by atoms with Crippen molar-refractivity contribution >= 4 is 33.3 Å². The zero-order valence-corrected chi connectivity index (χ0v) is 15.1. The fourth-order valence-corrected chi connectivity index (χ4v) is 3.65. The first-order valence-electron chi connectivity index (χ1n) is 8.43. The van der Waals surface area contributed by atoms with E-state index in [1.807, 2.05) is 48.5 Å². The molecule has 4 rings (SSSR count). The molecule has 0 fully saturated rings.